The SMILES string of the molecule is O=[N+]([O-])c1cc(CNc2ccsc2)ccc1Cl. The van der Waals surface area contributed by atoms with Gasteiger partial charge in [0, 0.05) is 23.7 Å². The summed E-state index contributed by atoms with van der Waals surface area (Å²) >= 11 is 7.32. The summed E-state index contributed by atoms with van der Waals surface area (Å²) in [5.41, 5.74) is 1.77. The standard InChI is InChI=1S/C11H9ClN2O2S/c12-10-2-1-8(5-11(10)14(15)16)6-13-9-3-4-17-7-9/h1-5,7,13H,6H2. The Morgan fingerprint density at radius 2 is 2.24 bits per heavy atom. The van der Waals surface area contributed by atoms with Crippen molar-refractivity contribution in [2.45, 2.75) is 6.54 Å². The summed E-state index contributed by atoms with van der Waals surface area (Å²) in [5, 5.41) is 18.0. The van der Waals surface area contributed by atoms with Gasteiger partial charge < -0.3 is 5.32 Å². The molecule has 88 valence electrons. The van der Waals surface area contributed by atoms with E-state index in [1.807, 2.05) is 16.8 Å². The van der Waals surface area contributed by atoms with E-state index in [4.69, 9.17) is 11.6 Å². The van der Waals surface area contributed by atoms with Gasteiger partial charge in [-0.1, -0.05) is 17.7 Å². The van der Waals surface area contributed by atoms with Crippen LogP contribution < -0.4 is 5.32 Å². The van der Waals surface area contributed by atoms with Gasteiger partial charge in [-0.05, 0) is 23.1 Å². The lowest BCUT2D eigenvalue weighted by Crippen LogP contribution is -1.99. The van der Waals surface area contributed by atoms with Gasteiger partial charge in [0.15, 0.2) is 0 Å². The van der Waals surface area contributed by atoms with Gasteiger partial charge in [0.1, 0.15) is 5.02 Å². The first kappa shape index (κ1) is 11.9. The highest BCUT2D eigenvalue weighted by Gasteiger charge is 2.12. The highest BCUT2D eigenvalue weighted by Crippen LogP contribution is 2.25. The number of benzene rings is 1. The number of nitrogens with zero attached hydrogens (tertiary/aromatic N) is 1. The summed E-state index contributed by atoms with van der Waals surface area (Å²) < 4.78 is 0. The minimum absolute atomic E-state index is 0.0590. The first-order chi connectivity index (χ1) is 8.16. The molecule has 0 bridgehead atoms. The third-order valence-electron chi connectivity index (χ3n) is 2.23. The van der Waals surface area contributed by atoms with Gasteiger partial charge in [-0.15, -0.1) is 0 Å². The average Bonchev–Trinajstić information content (AvgIpc) is 2.80. The molecule has 2 rings (SSSR count). The number of nitrogens with one attached hydrogen (secondary N) is 1. The molecule has 0 aliphatic heterocycles. The Kier molecular flexibility index (Phi) is 3.61. The number of rotatable bonds is 4. The molecule has 0 amide bonds. The molecule has 1 aromatic carbocycles. The fraction of sp³-hybridized carbons (Fsp3) is 0.0909. The molecule has 0 radical (unpaired) electrons. The topological polar surface area (TPSA) is 55.2 Å². The minimum Gasteiger partial charge on any atom is -0.380 e. The van der Waals surface area contributed by atoms with Crippen LogP contribution >= 0.6 is 22.9 Å². The van der Waals surface area contributed by atoms with Crippen molar-refractivity contribution in [2.24, 2.45) is 0 Å². The number of nitro benzene ring substituents is 1. The zero-order valence-electron chi connectivity index (χ0n) is 8.72. The van der Waals surface area contributed by atoms with Crippen LogP contribution in [-0.4, -0.2) is 4.92 Å². The number of halogens is 1. The second kappa shape index (κ2) is 5.16. The predicted octanol–water partition coefficient (Wildman–Crippen LogP) is 3.92. The van der Waals surface area contributed by atoms with Crippen LogP contribution in [0.5, 0.6) is 0 Å². The summed E-state index contributed by atoms with van der Waals surface area (Å²) in [6.45, 7) is 0.536. The molecule has 0 atom stereocenters. The van der Waals surface area contributed by atoms with Gasteiger partial charge in [0.05, 0.1) is 4.92 Å². The van der Waals surface area contributed by atoms with Crippen LogP contribution in [0.1, 0.15) is 5.56 Å². The molecule has 0 aliphatic carbocycles. The zero-order chi connectivity index (χ0) is 12.3. The molecule has 17 heavy (non-hydrogen) atoms. The van der Waals surface area contributed by atoms with Crippen LogP contribution in [0.15, 0.2) is 35.0 Å². The van der Waals surface area contributed by atoms with E-state index >= 15 is 0 Å². The second-order valence-corrected chi connectivity index (χ2v) is 4.60. The maximum Gasteiger partial charge on any atom is 0.288 e. The lowest BCUT2D eigenvalue weighted by molar-refractivity contribution is -0.384. The number of hydrogen-bond acceptors (Lipinski definition) is 4. The normalized spacial score (nSPS) is 10.2. The van der Waals surface area contributed by atoms with Crippen LogP contribution in [0.25, 0.3) is 0 Å². The molecule has 0 fully saturated rings. The van der Waals surface area contributed by atoms with Crippen molar-refractivity contribution in [3.63, 3.8) is 0 Å². The van der Waals surface area contributed by atoms with E-state index in [9.17, 15) is 10.1 Å². The van der Waals surface area contributed by atoms with Crippen molar-refractivity contribution in [1.82, 2.24) is 0 Å². The summed E-state index contributed by atoms with van der Waals surface area (Å²) in [4.78, 5) is 10.2. The van der Waals surface area contributed by atoms with Crippen molar-refractivity contribution < 1.29 is 4.92 Å². The largest absolute Gasteiger partial charge is 0.380 e. The van der Waals surface area contributed by atoms with E-state index in [0.29, 0.717) is 6.54 Å². The Morgan fingerprint density at radius 3 is 2.88 bits per heavy atom. The molecular weight excluding hydrogens is 260 g/mol. The molecule has 0 aliphatic rings. The molecule has 1 heterocycles. The van der Waals surface area contributed by atoms with E-state index in [0.717, 1.165) is 11.3 Å². The highest BCUT2D eigenvalue weighted by atomic mass is 35.5. The Morgan fingerprint density at radius 1 is 1.41 bits per heavy atom. The third kappa shape index (κ3) is 2.95. The van der Waals surface area contributed by atoms with Gasteiger partial charge in [-0.25, -0.2) is 0 Å². The predicted molar refractivity (Wildman–Crippen MR) is 69.8 cm³/mol. The fourth-order valence-corrected chi connectivity index (χ4v) is 2.18. The molecule has 1 aromatic heterocycles. The molecule has 0 spiro atoms. The lowest BCUT2D eigenvalue weighted by atomic mass is 10.2. The molecule has 0 saturated carbocycles. The van der Waals surface area contributed by atoms with Gasteiger partial charge in [0.25, 0.3) is 5.69 Å². The van der Waals surface area contributed by atoms with Crippen LogP contribution in [0.2, 0.25) is 5.02 Å². The van der Waals surface area contributed by atoms with Crippen molar-refractivity contribution >= 4 is 34.3 Å². The van der Waals surface area contributed by atoms with E-state index in [1.165, 1.54) is 6.07 Å². The summed E-state index contributed by atoms with van der Waals surface area (Å²) in [6.07, 6.45) is 0. The number of anilines is 1. The summed E-state index contributed by atoms with van der Waals surface area (Å²) in [7, 11) is 0. The molecule has 1 N–H and O–H groups in total. The molecular formula is C11H9ClN2O2S. The average molecular weight is 269 g/mol. The maximum atomic E-state index is 10.7. The van der Waals surface area contributed by atoms with Gasteiger partial charge in [0.2, 0.25) is 0 Å². The first-order valence-corrected chi connectivity index (χ1v) is 6.18. The quantitative estimate of drug-likeness (QED) is 0.675. The van der Waals surface area contributed by atoms with E-state index in [1.54, 1.807) is 23.5 Å². The summed E-state index contributed by atoms with van der Waals surface area (Å²) in [6, 6.07) is 6.76. The molecule has 0 saturated heterocycles. The number of hydrogen-bond donors (Lipinski definition) is 1. The second-order valence-electron chi connectivity index (χ2n) is 3.41. The zero-order valence-corrected chi connectivity index (χ0v) is 10.3. The summed E-state index contributed by atoms with van der Waals surface area (Å²) in [5.74, 6) is 0. The van der Waals surface area contributed by atoms with Crippen LogP contribution in [0, 0.1) is 10.1 Å². The fourth-order valence-electron chi connectivity index (χ4n) is 1.38. The minimum atomic E-state index is -0.476. The maximum absolute atomic E-state index is 10.7. The van der Waals surface area contributed by atoms with Crippen molar-refractivity contribution in [1.29, 1.82) is 0 Å². The number of thiophene rings is 1. The Bertz CT molecular complexity index is 528. The lowest BCUT2D eigenvalue weighted by Gasteiger charge is -2.04. The van der Waals surface area contributed by atoms with Gasteiger partial charge in [-0.3, -0.25) is 10.1 Å². The number of nitro groups is 1. The van der Waals surface area contributed by atoms with Gasteiger partial charge >= 0.3 is 0 Å². The van der Waals surface area contributed by atoms with Crippen molar-refractivity contribution in [3.8, 4) is 0 Å². The van der Waals surface area contributed by atoms with Crippen molar-refractivity contribution in [2.75, 3.05) is 5.32 Å². The molecule has 6 heteroatoms. The smallest absolute Gasteiger partial charge is 0.288 e. The Hall–Kier alpha value is -1.59. The van der Waals surface area contributed by atoms with E-state index in [-0.39, 0.29) is 10.7 Å². The molecule has 2 aromatic rings. The highest BCUT2D eigenvalue weighted by molar-refractivity contribution is 7.08. The first-order valence-electron chi connectivity index (χ1n) is 4.85. The van der Waals surface area contributed by atoms with Crippen LogP contribution in [0.3, 0.4) is 0 Å². The van der Waals surface area contributed by atoms with E-state index in [2.05, 4.69) is 5.32 Å². The Balaban J connectivity index is 2.11. The third-order valence-corrected chi connectivity index (χ3v) is 3.23. The Labute approximate surface area is 107 Å². The monoisotopic (exact) mass is 268 g/mol. The molecule has 4 nitrogen and oxygen atoms in total. The van der Waals surface area contributed by atoms with Crippen molar-refractivity contribution in [3.05, 3.63) is 55.7 Å². The van der Waals surface area contributed by atoms with Gasteiger partial charge in [-0.2, -0.15) is 11.3 Å². The van der Waals surface area contributed by atoms with Crippen LogP contribution in [0.4, 0.5) is 11.4 Å². The van der Waals surface area contributed by atoms with Crippen LogP contribution in [-0.2, 0) is 6.54 Å². The molecule has 0 unspecified atom stereocenters. The van der Waals surface area contributed by atoms with E-state index < -0.39 is 4.92 Å².